The second kappa shape index (κ2) is 6.64. The van der Waals surface area contributed by atoms with Crippen molar-refractivity contribution in [2.45, 2.75) is 25.7 Å². The van der Waals surface area contributed by atoms with Gasteiger partial charge in [0, 0.05) is 37.7 Å². The Hall–Kier alpha value is -1.98. The third-order valence-corrected chi connectivity index (χ3v) is 4.72. The molecule has 1 saturated heterocycles. The normalized spacial score (nSPS) is 19.2. The fourth-order valence-electron chi connectivity index (χ4n) is 3.07. The van der Waals surface area contributed by atoms with Crippen LogP contribution in [0.4, 0.5) is 8.78 Å². The number of halogens is 2. The molecule has 0 bridgehead atoms. The molecular weight excluding hydrogens is 302 g/mol. The molecule has 124 valence electrons. The summed E-state index contributed by atoms with van der Waals surface area (Å²) in [5, 5.41) is 0. The minimum atomic E-state index is -1.02. The smallest absolute Gasteiger partial charge is 0.254 e. The highest BCUT2D eigenvalue weighted by molar-refractivity contribution is 5.94. The summed E-state index contributed by atoms with van der Waals surface area (Å²) in [7, 11) is 0. The van der Waals surface area contributed by atoms with Gasteiger partial charge in [0.05, 0.1) is 0 Å². The van der Waals surface area contributed by atoms with Gasteiger partial charge in [0.1, 0.15) is 0 Å². The quantitative estimate of drug-likeness (QED) is 0.839. The lowest BCUT2D eigenvalue weighted by Crippen LogP contribution is -2.41. The topological polar surface area (TPSA) is 40.6 Å². The summed E-state index contributed by atoms with van der Waals surface area (Å²) < 4.78 is 26.3. The van der Waals surface area contributed by atoms with Crippen LogP contribution in [-0.4, -0.2) is 47.8 Å². The van der Waals surface area contributed by atoms with Crippen molar-refractivity contribution < 1.29 is 18.4 Å². The number of amides is 2. The summed E-state index contributed by atoms with van der Waals surface area (Å²) in [4.78, 5) is 28.2. The summed E-state index contributed by atoms with van der Waals surface area (Å²) in [6.07, 6.45) is 3.75. The van der Waals surface area contributed by atoms with Gasteiger partial charge in [0.15, 0.2) is 11.6 Å². The zero-order chi connectivity index (χ0) is 16.4. The predicted molar refractivity (Wildman–Crippen MR) is 80.8 cm³/mol. The van der Waals surface area contributed by atoms with E-state index in [1.165, 1.54) is 6.07 Å². The van der Waals surface area contributed by atoms with E-state index in [0.29, 0.717) is 32.6 Å². The largest absolute Gasteiger partial charge is 0.341 e. The van der Waals surface area contributed by atoms with Gasteiger partial charge >= 0.3 is 0 Å². The molecule has 6 heteroatoms. The number of benzene rings is 1. The SMILES string of the molecule is O=C(c1ccc(F)c(F)c1)N1CCCN(C(=O)C2CCC2)CC1. The Morgan fingerprint density at radius 2 is 1.61 bits per heavy atom. The minimum Gasteiger partial charge on any atom is -0.341 e. The third kappa shape index (κ3) is 3.35. The molecule has 1 aliphatic carbocycles. The molecule has 2 aliphatic rings. The van der Waals surface area contributed by atoms with Crippen molar-refractivity contribution in [3.8, 4) is 0 Å². The highest BCUT2D eigenvalue weighted by Crippen LogP contribution is 2.28. The first kappa shape index (κ1) is 15.9. The monoisotopic (exact) mass is 322 g/mol. The van der Waals surface area contributed by atoms with Crippen LogP contribution in [0.5, 0.6) is 0 Å². The molecule has 2 fully saturated rings. The van der Waals surface area contributed by atoms with Gasteiger partial charge in [-0.3, -0.25) is 9.59 Å². The van der Waals surface area contributed by atoms with E-state index >= 15 is 0 Å². The molecule has 1 aromatic rings. The highest BCUT2D eigenvalue weighted by Gasteiger charge is 2.31. The second-order valence-corrected chi connectivity index (χ2v) is 6.23. The Bertz CT molecular complexity index is 617. The molecule has 1 aromatic carbocycles. The standard InChI is InChI=1S/C17H20F2N2O2/c18-14-6-5-13(11-15(14)19)17(23)21-8-2-7-20(9-10-21)16(22)12-3-1-4-12/h5-6,11-12H,1-4,7-10H2. The van der Waals surface area contributed by atoms with Crippen LogP contribution in [-0.2, 0) is 4.79 Å². The maximum absolute atomic E-state index is 13.3. The van der Waals surface area contributed by atoms with E-state index in [9.17, 15) is 18.4 Å². The van der Waals surface area contributed by atoms with Crippen molar-refractivity contribution in [2.24, 2.45) is 5.92 Å². The summed E-state index contributed by atoms with van der Waals surface area (Å²) in [6.45, 7) is 2.10. The predicted octanol–water partition coefficient (Wildman–Crippen LogP) is 2.44. The van der Waals surface area contributed by atoms with Crippen LogP contribution >= 0.6 is 0 Å². The first-order valence-electron chi connectivity index (χ1n) is 8.09. The van der Waals surface area contributed by atoms with Gasteiger partial charge in [-0.2, -0.15) is 0 Å². The van der Waals surface area contributed by atoms with Crippen LogP contribution in [0.25, 0.3) is 0 Å². The number of nitrogens with zero attached hydrogens (tertiary/aromatic N) is 2. The van der Waals surface area contributed by atoms with Gasteiger partial charge in [-0.15, -0.1) is 0 Å². The Morgan fingerprint density at radius 3 is 2.26 bits per heavy atom. The van der Waals surface area contributed by atoms with E-state index in [0.717, 1.165) is 31.4 Å². The molecule has 1 aliphatic heterocycles. The molecule has 0 aromatic heterocycles. The second-order valence-electron chi connectivity index (χ2n) is 6.23. The lowest BCUT2D eigenvalue weighted by Gasteiger charge is -2.31. The molecule has 3 rings (SSSR count). The number of carbonyl (C=O) groups excluding carboxylic acids is 2. The Labute approximate surface area is 134 Å². The van der Waals surface area contributed by atoms with Crippen LogP contribution in [0.2, 0.25) is 0 Å². The van der Waals surface area contributed by atoms with Gasteiger partial charge in [-0.05, 0) is 37.5 Å². The van der Waals surface area contributed by atoms with Crippen molar-refractivity contribution in [1.82, 2.24) is 9.80 Å². The molecular formula is C17H20F2N2O2. The average Bonchev–Trinajstić information content (AvgIpc) is 2.73. The van der Waals surface area contributed by atoms with Gasteiger partial charge in [-0.25, -0.2) is 8.78 Å². The first-order valence-corrected chi connectivity index (χ1v) is 8.09. The molecule has 0 N–H and O–H groups in total. The molecule has 4 nitrogen and oxygen atoms in total. The zero-order valence-electron chi connectivity index (χ0n) is 12.9. The molecule has 0 radical (unpaired) electrons. The maximum Gasteiger partial charge on any atom is 0.254 e. The lowest BCUT2D eigenvalue weighted by molar-refractivity contribution is -0.138. The van der Waals surface area contributed by atoms with E-state index < -0.39 is 11.6 Å². The van der Waals surface area contributed by atoms with Crippen molar-refractivity contribution in [2.75, 3.05) is 26.2 Å². The van der Waals surface area contributed by atoms with E-state index in [1.807, 2.05) is 4.90 Å². The van der Waals surface area contributed by atoms with Crippen molar-refractivity contribution in [3.63, 3.8) is 0 Å². The van der Waals surface area contributed by atoms with Crippen LogP contribution in [0.3, 0.4) is 0 Å². The average molecular weight is 322 g/mol. The third-order valence-electron chi connectivity index (χ3n) is 4.72. The molecule has 0 spiro atoms. The van der Waals surface area contributed by atoms with Gasteiger partial charge in [0.25, 0.3) is 5.91 Å². The van der Waals surface area contributed by atoms with E-state index in [4.69, 9.17) is 0 Å². The highest BCUT2D eigenvalue weighted by atomic mass is 19.2. The zero-order valence-corrected chi connectivity index (χ0v) is 12.9. The molecule has 1 heterocycles. The summed E-state index contributed by atoms with van der Waals surface area (Å²) >= 11 is 0. The van der Waals surface area contributed by atoms with Crippen LogP contribution in [0, 0.1) is 17.6 Å². The summed E-state index contributed by atoms with van der Waals surface area (Å²) in [5.41, 5.74) is 0.141. The van der Waals surface area contributed by atoms with E-state index in [2.05, 4.69) is 0 Å². The minimum absolute atomic E-state index is 0.141. The Kier molecular flexibility index (Phi) is 4.59. The number of rotatable bonds is 2. The fourth-order valence-corrected chi connectivity index (χ4v) is 3.07. The van der Waals surface area contributed by atoms with E-state index in [-0.39, 0.29) is 23.3 Å². The van der Waals surface area contributed by atoms with Crippen molar-refractivity contribution in [3.05, 3.63) is 35.4 Å². The van der Waals surface area contributed by atoms with Gasteiger partial charge in [0.2, 0.25) is 5.91 Å². The van der Waals surface area contributed by atoms with E-state index in [1.54, 1.807) is 4.90 Å². The van der Waals surface area contributed by atoms with Crippen molar-refractivity contribution in [1.29, 1.82) is 0 Å². The van der Waals surface area contributed by atoms with Crippen LogP contribution in [0.15, 0.2) is 18.2 Å². The Morgan fingerprint density at radius 1 is 0.913 bits per heavy atom. The lowest BCUT2D eigenvalue weighted by atomic mass is 9.84. The van der Waals surface area contributed by atoms with Gasteiger partial charge < -0.3 is 9.80 Å². The fraction of sp³-hybridized carbons (Fsp3) is 0.529. The number of carbonyl (C=O) groups is 2. The van der Waals surface area contributed by atoms with Crippen LogP contribution < -0.4 is 0 Å². The number of hydrogen-bond acceptors (Lipinski definition) is 2. The van der Waals surface area contributed by atoms with Crippen molar-refractivity contribution >= 4 is 11.8 Å². The van der Waals surface area contributed by atoms with Gasteiger partial charge in [-0.1, -0.05) is 6.42 Å². The molecule has 1 saturated carbocycles. The summed E-state index contributed by atoms with van der Waals surface area (Å²) in [6, 6.07) is 3.19. The Balaban J connectivity index is 1.63. The molecule has 23 heavy (non-hydrogen) atoms. The first-order chi connectivity index (χ1) is 11.1. The number of hydrogen-bond donors (Lipinski definition) is 0. The molecule has 2 amide bonds. The maximum atomic E-state index is 13.3. The van der Waals surface area contributed by atoms with Crippen LogP contribution in [0.1, 0.15) is 36.0 Å². The summed E-state index contributed by atoms with van der Waals surface area (Å²) in [5.74, 6) is -1.95. The molecule has 0 unspecified atom stereocenters. The molecule has 0 atom stereocenters.